The van der Waals surface area contributed by atoms with Crippen LogP contribution in [0, 0.1) is 17.2 Å². The van der Waals surface area contributed by atoms with Crippen molar-refractivity contribution in [1.82, 2.24) is 15.3 Å². The number of piperidine rings is 1. The lowest BCUT2D eigenvalue weighted by Gasteiger charge is -2.39. The van der Waals surface area contributed by atoms with Crippen molar-refractivity contribution in [3.63, 3.8) is 0 Å². The zero-order chi connectivity index (χ0) is 24.4. The highest BCUT2D eigenvalue weighted by Crippen LogP contribution is 2.31. The summed E-state index contributed by atoms with van der Waals surface area (Å²) < 4.78 is 0. The monoisotopic (exact) mass is 464 g/mol. The number of nitrogens with zero attached hydrogens (tertiary/aromatic N) is 3. The topological polar surface area (TPSA) is 160 Å². The Kier molecular flexibility index (Phi) is 6.90. The molecule has 0 bridgehead atoms. The van der Waals surface area contributed by atoms with Crippen molar-refractivity contribution in [2.75, 3.05) is 22.9 Å². The van der Waals surface area contributed by atoms with E-state index in [0.717, 1.165) is 37.2 Å². The van der Waals surface area contributed by atoms with Crippen molar-refractivity contribution in [2.24, 2.45) is 17.6 Å². The summed E-state index contributed by atoms with van der Waals surface area (Å²) in [5, 5.41) is 10.9. The molecule has 182 valence electrons. The predicted octanol–water partition coefficient (Wildman–Crippen LogP) is 2.89. The first kappa shape index (κ1) is 23.8. The number of amides is 1. The Balaban J connectivity index is 1.52. The number of nitrogen functional groups attached to an aromatic ring is 3. The van der Waals surface area contributed by atoms with Crippen molar-refractivity contribution >= 4 is 29.2 Å². The highest BCUT2D eigenvalue weighted by Gasteiger charge is 2.32. The van der Waals surface area contributed by atoms with E-state index in [1.54, 1.807) is 12.1 Å². The van der Waals surface area contributed by atoms with Crippen LogP contribution in [0.25, 0.3) is 11.3 Å². The molecule has 4 rings (SSSR count). The Labute approximate surface area is 201 Å². The number of hydrogen-bond donors (Lipinski definition) is 5. The van der Waals surface area contributed by atoms with Gasteiger partial charge in [-0.2, -0.15) is 4.98 Å². The van der Waals surface area contributed by atoms with Gasteiger partial charge in [0.25, 0.3) is 0 Å². The second-order valence-electron chi connectivity index (χ2n) is 9.93. The molecule has 2 aromatic rings. The van der Waals surface area contributed by atoms with Crippen LogP contribution >= 0.6 is 0 Å². The van der Waals surface area contributed by atoms with Gasteiger partial charge >= 0.3 is 0 Å². The molecule has 2 heterocycles. The van der Waals surface area contributed by atoms with Gasteiger partial charge in [0, 0.05) is 41.5 Å². The van der Waals surface area contributed by atoms with E-state index >= 15 is 0 Å². The van der Waals surface area contributed by atoms with E-state index in [2.05, 4.69) is 34.0 Å². The first-order valence-electron chi connectivity index (χ1n) is 12.2. The summed E-state index contributed by atoms with van der Waals surface area (Å²) in [5.41, 5.74) is 20.0. The first-order valence-corrected chi connectivity index (χ1v) is 12.2. The van der Waals surface area contributed by atoms with Gasteiger partial charge in [-0.15, -0.1) is 0 Å². The average Bonchev–Trinajstić information content (AvgIpc) is 2.80. The van der Waals surface area contributed by atoms with Gasteiger partial charge in [-0.3, -0.25) is 10.2 Å². The van der Waals surface area contributed by atoms with E-state index in [0.29, 0.717) is 35.3 Å². The number of rotatable bonds is 5. The van der Waals surface area contributed by atoms with Gasteiger partial charge in [0.05, 0.1) is 11.6 Å². The Morgan fingerprint density at radius 3 is 2.47 bits per heavy atom. The molecule has 0 spiro atoms. The van der Waals surface area contributed by atoms with Gasteiger partial charge < -0.3 is 27.4 Å². The number of nitrogens with two attached hydrogens (primary N) is 3. The molecule has 2 atom stereocenters. The largest absolute Gasteiger partial charge is 0.398 e. The Morgan fingerprint density at radius 1 is 1.06 bits per heavy atom. The fourth-order valence-corrected chi connectivity index (χ4v) is 5.08. The van der Waals surface area contributed by atoms with Gasteiger partial charge in [-0.05, 0) is 63.5 Å². The SMILES string of the molecule is CC1CCC(NC(=O)C2CCC(C)N(c3cc(-c4ccc(C(=N)N)c(N)c4)nc(N)n3)C2)CC1. The second kappa shape index (κ2) is 9.87. The quantitative estimate of drug-likeness (QED) is 0.258. The molecule has 1 aromatic heterocycles. The number of hydrogen-bond acceptors (Lipinski definition) is 7. The van der Waals surface area contributed by atoms with Crippen molar-refractivity contribution in [3.8, 4) is 11.3 Å². The van der Waals surface area contributed by atoms with Crippen LogP contribution in [0.4, 0.5) is 17.5 Å². The molecule has 1 saturated heterocycles. The predicted molar refractivity (Wildman–Crippen MR) is 136 cm³/mol. The summed E-state index contributed by atoms with van der Waals surface area (Å²) in [4.78, 5) is 24.1. The summed E-state index contributed by atoms with van der Waals surface area (Å²) in [7, 11) is 0. The maximum atomic E-state index is 13.1. The molecular weight excluding hydrogens is 428 g/mol. The maximum absolute atomic E-state index is 13.1. The minimum atomic E-state index is -0.0827. The van der Waals surface area contributed by atoms with E-state index in [9.17, 15) is 4.79 Å². The standard InChI is InChI=1S/C25H36N8O/c1-14-3-8-18(9-4-14)30-24(34)17-6-5-15(2)33(13-17)22-12-21(31-25(29)32-22)16-7-10-19(23(27)28)20(26)11-16/h7,10-12,14-15,17-18H,3-6,8-9,13,26H2,1-2H3,(H3,27,28)(H,30,34)(H2,29,31,32). The summed E-state index contributed by atoms with van der Waals surface area (Å²) in [6.07, 6.45) is 6.26. The molecule has 2 unspecified atom stereocenters. The van der Waals surface area contributed by atoms with Gasteiger partial charge in [0.15, 0.2) is 0 Å². The zero-order valence-electron chi connectivity index (χ0n) is 20.1. The number of carbonyl (C=O) groups excluding carboxylic acids is 1. The molecule has 9 heteroatoms. The van der Waals surface area contributed by atoms with Gasteiger partial charge in [0.1, 0.15) is 11.7 Å². The highest BCUT2D eigenvalue weighted by molar-refractivity contribution is 6.00. The number of nitrogens with one attached hydrogen (secondary N) is 2. The normalized spacial score (nSPS) is 25.1. The maximum Gasteiger partial charge on any atom is 0.225 e. The minimum Gasteiger partial charge on any atom is -0.398 e. The molecule has 0 radical (unpaired) electrons. The summed E-state index contributed by atoms with van der Waals surface area (Å²) in [6, 6.07) is 7.68. The average molecular weight is 465 g/mol. The van der Waals surface area contributed by atoms with Crippen LogP contribution < -0.4 is 27.4 Å². The molecule has 1 aliphatic heterocycles. The minimum absolute atomic E-state index is 0.0823. The number of aromatic nitrogens is 2. The summed E-state index contributed by atoms with van der Waals surface area (Å²) in [6.45, 7) is 5.03. The molecule has 1 saturated carbocycles. The third kappa shape index (κ3) is 5.24. The lowest BCUT2D eigenvalue weighted by molar-refractivity contribution is -0.126. The van der Waals surface area contributed by atoms with E-state index in [1.165, 1.54) is 12.8 Å². The number of anilines is 3. The third-order valence-corrected chi connectivity index (χ3v) is 7.28. The first-order chi connectivity index (χ1) is 16.2. The van der Waals surface area contributed by atoms with Crippen molar-refractivity contribution in [1.29, 1.82) is 5.41 Å². The van der Waals surface area contributed by atoms with Gasteiger partial charge in [0.2, 0.25) is 11.9 Å². The van der Waals surface area contributed by atoms with Crippen LogP contribution in [0.5, 0.6) is 0 Å². The molecule has 9 nitrogen and oxygen atoms in total. The van der Waals surface area contributed by atoms with Crippen LogP contribution in [0.15, 0.2) is 24.3 Å². The lowest BCUT2D eigenvalue weighted by atomic mass is 9.86. The Hall–Kier alpha value is -3.36. The van der Waals surface area contributed by atoms with Crippen LogP contribution in [-0.2, 0) is 4.79 Å². The van der Waals surface area contributed by atoms with Gasteiger partial charge in [-0.1, -0.05) is 13.0 Å². The third-order valence-electron chi connectivity index (χ3n) is 7.28. The fourth-order valence-electron chi connectivity index (χ4n) is 5.08. The van der Waals surface area contributed by atoms with Crippen molar-refractivity contribution in [3.05, 3.63) is 29.8 Å². The summed E-state index contributed by atoms with van der Waals surface area (Å²) in [5.74, 6) is 1.60. The zero-order valence-corrected chi connectivity index (χ0v) is 20.1. The van der Waals surface area contributed by atoms with Crippen LogP contribution in [-0.4, -0.2) is 40.3 Å². The van der Waals surface area contributed by atoms with Crippen LogP contribution in [0.1, 0.15) is 57.9 Å². The number of benzene rings is 1. The molecule has 2 aliphatic rings. The van der Waals surface area contributed by atoms with E-state index in [1.807, 2.05) is 12.1 Å². The van der Waals surface area contributed by atoms with E-state index < -0.39 is 0 Å². The molecular formula is C25H36N8O. The number of amidine groups is 1. The molecule has 1 aliphatic carbocycles. The molecule has 1 amide bonds. The van der Waals surface area contributed by atoms with Crippen molar-refractivity contribution < 1.29 is 4.79 Å². The Morgan fingerprint density at radius 2 is 1.79 bits per heavy atom. The lowest BCUT2D eigenvalue weighted by Crippen LogP contribution is -2.49. The van der Waals surface area contributed by atoms with E-state index in [-0.39, 0.29) is 29.7 Å². The van der Waals surface area contributed by atoms with Crippen molar-refractivity contribution in [2.45, 2.75) is 64.5 Å². The molecule has 1 aromatic carbocycles. The van der Waals surface area contributed by atoms with E-state index in [4.69, 9.17) is 22.6 Å². The van der Waals surface area contributed by atoms with Gasteiger partial charge in [-0.25, -0.2) is 4.98 Å². The fraction of sp³-hybridized carbons (Fsp3) is 0.520. The number of carbonyl (C=O) groups is 1. The molecule has 2 fully saturated rings. The summed E-state index contributed by atoms with van der Waals surface area (Å²) >= 11 is 0. The van der Waals surface area contributed by atoms with Crippen LogP contribution in [0.3, 0.4) is 0 Å². The molecule has 8 N–H and O–H groups in total. The smallest absolute Gasteiger partial charge is 0.225 e. The second-order valence-corrected chi connectivity index (χ2v) is 9.93. The van der Waals surface area contributed by atoms with Crippen LogP contribution in [0.2, 0.25) is 0 Å². The Bertz CT molecular complexity index is 1060. The highest BCUT2D eigenvalue weighted by atomic mass is 16.2. The molecule has 34 heavy (non-hydrogen) atoms.